The third-order valence-electron chi connectivity index (χ3n) is 3.73. The fourth-order valence-corrected chi connectivity index (χ4v) is 2.74. The van der Waals surface area contributed by atoms with Crippen molar-refractivity contribution in [2.24, 2.45) is 7.05 Å². The first-order chi connectivity index (χ1) is 8.59. The zero-order valence-corrected chi connectivity index (χ0v) is 11.7. The summed E-state index contributed by atoms with van der Waals surface area (Å²) >= 11 is 6.33. The number of alkyl halides is 1. The Bertz CT molecular complexity index is 430. The lowest BCUT2D eigenvalue weighted by molar-refractivity contribution is 0.0933. The summed E-state index contributed by atoms with van der Waals surface area (Å²) in [4.78, 5) is 12.2. The topological polar surface area (TPSA) is 46.9 Å². The molecule has 1 aliphatic rings. The summed E-state index contributed by atoms with van der Waals surface area (Å²) in [5, 5.41) is 7.20. The second-order valence-electron chi connectivity index (χ2n) is 5.00. The highest BCUT2D eigenvalue weighted by Crippen LogP contribution is 2.22. The molecule has 18 heavy (non-hydrogen) atoms. The van der Waals surface area contributed by atoms with Crippen molar-refractivity contribution in [3.05, 3.63) is 17.5 Å². The van der Waals surface area contributed by atoms with E-state index in [2.05, 4.69) is 10.4 Å². The molecule has 1 N–H and O–H groups in total. The highest BCUT2D eigenvalue weighted by atomic mass is 35.5. The second kappa shape index (κ2) is 5.74. The largest absolute Gasteiger partial charge is 0.348 e. The molecule has 0 aromatic carbocycles. The fraction of sp³-hybridized carbons (Fsp3) is 0.692. The number of carbonyl (C=O) groups excluding carboxylic acids is 1. The number of aryl methyl sites for hydroxylation is 1. The van der Waals surface area contributed by atoms with Gasteiger partial charge in [-0.25, -0.2) is 0 Å². The highest BCUT2D eigenvalue weighted by Gasteiger charge is 2.24. The van der Waals surface area contributed by atoms with Gasteiger partial charge in [-0.15, -0.1) is 11.6 Å². The standard InChI is InChI=1S/C13H20ClN3O/c1-9-10(8-15-17(9)2)13(18)16-12-7-5-3-4-6-11(12)14/h8,11-12H,3-7H2,1-2H3,(H,16,18). The molecule has 0 saturated heterocycles. The molecule has 0 aliphatic heterocycles. The first kappa shape index (κ1) is 13.4. The molecule has 1 aromatic rings. The van der Waals surface area contributed by atoms with E-state index in [0.29, 0.717) is 5.56 Å². The van der Waals surface area contributed by atoms with E-state index in [0.717, 1.165) is 31.4 Å². The Balaban J connectivity index is 2.04. The molecule has 1 aromatic heterocycles. The zero-order chi connectivity index (χ0) is 13.1. The lowest BCUT2D eigenvalue weighted by Gasteiger charge is -2.21. The highest BCUT2D eigenvalue weighted by molar-refractivity contribution is 6.21. The van der Waals surface area contributed by atoms with Crippen LogP contribution in [-0.2, 0) is 7.05 Å². The molecule has 1 fully saturated rings. The average molecular weight is 270 g/mol. The lowest BCUT2D eigenvalue weighted by atomic mass is 10.1. The normalized spacial score (nSPS) is 24.6. The summed E-state index contributed by atoms with van der Waals surface area (Å²) < 4.78 is 1.71. The molecule has 2 rings (SSSR count). The molecule has 0 bridgehead atoms. The molecule has 4 nitrogen and oxygen atoms in total. The van der Waals surface area contributed by atoms with E-state index in [1.165, 1.54) is 6.42 Å². The van der Waals surface area contributed by atoms with Crippen LogP contribution in [-0.4, -0.2) is 27.1 Å². The van der Waals surface area contributed by atoms with Crippen molar-refractivity contribution >= 4 is 17.5 Å². The SMILES string of the molecule is Cc1c(C(=O)NC2CCCCCC2Cl)cnn1C. The molecule has 1 heterocycles. The molecule has 5 heteroatoms. The van der Waals surface area contributed by atoms with Crippen molar-refractivity contribution in [3.63, 3.8) is 0 Å². The molecule has 2 unspecified atom stereocenters. The van der Waals surface area contributed by atoms with Crippen LogP contribution in [0.4, 0.5) is 0 Å². The number of amides is 1. The number of hydrogen-bond donors (Lipinski definition) is 1. The molecular weight excluding hydrogens is 250 g/mol. The molecule has 2 atom stereocenters. The van der Waals surface area contributed by atoms with Gasteiger partial charge in [-0.2, -0.15) is 5.10 Å². The number of nitrogens with one attached hydrogen (secondary N) is 1. The minimum atomic E-state index is -0.0573. The van der Waals surface area contributed by atoms with Crippen LogP contribution in [0, 0.1) is 6.92 Å². The summed E-state index contributed by atoms with van der Waals surface area (Å²) in [6, 6.07) is 0.0845. The number of hydrogen-bond acceptors (Lipinski definition) is 2. The van der Waals surface area contributed by atoms with Crippen molar-refractivity contribution < 1.29 is 4.79 Å². The molecular formula is C13H20ClN3O. The van der Waals surface area contributed by atoms with E-state index < -0.39 is 0 Å². The molecule has 1 saturated carbocycles. The first-order valence-electron chi connectivity index (χ1n) is 6.53. The first-order valence-corrected chi connectivity index (χ1v) is 6.96. The average Bonchev–Trinajstić information content (AvgIpc) is 2.55. The maximum atomic E-state index is 12.2. The van der Waals surface area contributed by atoms with Crippen molar-refractivity contribution in [2.45, 2.75) is 50.4 Å². The summed E-state index contributed by atoms with van der Waals surface area (Å²) in [6.07, 6.45) is 7.08. The monoisotopic (exact) mass is 269 g/mol. The van der Waals surface area contributed by atoms with E-state index in [9.17, 15) is 4.79 Å². The van der Waals surface area contributed by atoms with E-state index in [1.54, 1.807) is 10.9 Å². The van der Waals surface area contributed by atoms with Gasteiger partial charge >= 0.3 is 0 Å². The van der Waals surface area contributed by atoms with E-state index in [4.69, 9.17) is 11.6 Å². The van der Waals surface area contributed by atoms with Crippen LogP contribution in [0.2, 0.25) is 0 Å². The van der Waals surface area contributed by atoms with Gasteiger partial charge in [0.2, 0.25) is 0 Å². The third-order valence-corrected chi connectivity index (χ3v) is 4.25. The van der Waals surface area contributed by atoms with Crippen molar-refractivity contribution in [3.8, 4) is 0 Å². The third kappa shape index (κ3) is 2.86. The Hall–Kier alpha value is -1.03. The van der Waals surface area contributed by atoms with Crippen LogP contribution in [0.5, 0.6) is 0 Å². The van der Waals surface area contributed by atoms with Gasteiger partial charge in [0.25, 0.3) is 5.91 Å². The zero-order valence-electron chi connectivity index (χ0n) is 10.9. The summed E-state index contributed by atoms with van der Waals surface area (Å²) in [7, 11) is 1.84. The van der Waals surface area contributed by atoms with Gasteiger partial charge in [0.15, 0.2) is 0 Å². The number of halogens is 1. The Morgan fingerprint density at radius 3 is 2.83 bits per heavy atom. The molecule has 100 valence electrons. The molecule has 1 amide bonds. The van der Waals surface area contributed by atoms with Crippen LogP contribution in [0.25, 0.3) is 0 Å². The Kier molecular flexibility index (Phi) is 4.27. The number of nitrogens with zero attached hydrogens (tertiary/aromatic N) is 2. The minimum Gasteiger partial charge on any atom is -0.348 e. The maximum Gasteiger partial charge on any atom is 0.255 e. The van der Waals surface area contributed by atoms with Crippen molar-refractivity contribution in [2.75, 3.05) is 0 Å². The Morgan fingerprint density at radius 2 is 2.17 bits per heavy atom. The lowest BCUT2D eigenvalue weighted by Crippen LogP contribution is -2.40. The second-order valence-corrected chi connectivity index (χ2v) is 5.56. The van der Waals surface area contributed by atoms with E-state index in [1.807, 2.05) is 14.0 Å². The van der Waals surface area contributed by atoms with Crippen LogP contribution < -0.4 is 5.32 Å². The van der Waals surface area contributed by atoms with Crippen LogP contribution in [0.3, 0.4) is 0 Å². The van der Waals surface area contributed by atoms with Gasteiger partial charge in [-0.05, 0) is 19.8 Å². The van der Waals surface area contributed by atoms with Gasteiger partial charge in [-0.3, -0.25) is 9.48 Å². The Labute approximate surface area is 113 Å². The predicted molar refractivity (Wildman–Crippen MR) is 71.9 cm³/mol. The smallest absolute Gasteiger partial charge is 0.255 e. The van der Waals surface area contributed by atoms with Gasteiger partial charge in [0.1, 0.15) is 0 Å². The van der Waals surface area contributed by atoms with Gasteiger partial charge < -0.3 is 5.32 Å². The minimum absolute atomic E-state index is 0.0495. The quantitative estimate of drug-likeness (QED) is 0.662. The fourth-order valence-electron chi connectivity index (χ4n) is 2.39. The van der Waals surface area contributed by atoms with Gasteiger partial charge in [-0.1, -0.05) is 19.3 Å². The van der Waals surface area contributed by atoms with Crippen LogP contribution >= 0.6 is 11.6 Å². The number of carbonyl (C=O) groups is 1. The van der Waals surface area contributed by atoms with E-state index in [-0.39, 0.29) is 17.3 Å². The van der Waals surface area contributed by atoms with Crippen LogP contribution in [0.15, 0.2) is 6.20 Å². The summed E-state index contributed by atoms with van der Waals surface area (Å²) in [5.74, 6) is -0.0573. The van der Waals surface area contributed by atoms with Crippen molar-refractivity contribution in [1.82, 2.24) is 15.1 Å². The van der Waals surface area contributed by atoms with Crippen molar-refractivity contribution in [1.29, 1.82) is 0 Å². The van der Waals surface area contributed by atoms with Gasteiger partial charge in [0, 0.05) is 18.8 Å². The maximum absolute atomic E-state index is 12.2. The molecule has 1 aliphatic carbocycles. The predicted octanol–water partition coefficient (Wildman–Crippen LogP) is 2.40. The number of aromatic nitrogens is 2. The van der Waals surface area contributed by atoms with Crippen LogP contribution in [0.1, 0.15) is 48.2 Å². The Morgan fingerprint density at radius 1 is 1.44 bits per heavy atom. The number of rotatable bonds is 2. The molecule has 0 radical (unpaired) electrons. The van der Waals surface area contributed by atoms with Gasteiger partial charge in [0.05, 0.1) is 17.1 Å². The molecule has 0 spiro atoms. The van der Waals surface area contributed by atoms with E-state index >= 15 is 0 Å². The summed E-state index contributed by atoms with van der Waals surface area (Å²) in [5.41, 5.74) is 1.53. The summed E-state index contributed by atoms with van der Waals surface area (Å²) in [6.45, 7) is 1.90.